The molecule has 1 aliphatic carbocycles. The molecule has 0 amide bonds. The molecule has 4 nitrogen and oxygen atoms in total. The van der Waals surface area contributed by atoms with E-state index in [9.17, 15) is 14.7 Å². The number of ether oxygens (including phenoxy) is 1. The molecule has 1 N–H and O–H groups in total. The van der Waals surface area contributed by atoms with Gasteiger partial charge in [-0.2, -0.15) is 0 Å². The van der Waals surface area contributed by atoms with Crippen molar-refractivity contribution in [2.45, 2.75) is 58.7 Å². The van der Waals surface area contributed by atoms with Gasteiger partial charge >= 0.3 is 5.97 Å². The van der Waals surface area contributed by atoms with Gasteiger partial charge in [-0.05, 0) is 31.3 Å². The van der Waals surface area contributed by atoms with Crippen molar-refractivity contribution < 1.29 is 19.4 Å². The normalized spacial score (nSPS) is 27.9. The average molecular weight is 294 g/mol. The maximum Gasteiger partial charge on any atom is 0.302 e. The molecule has 0 aliphatic heterocycles. The van der Waals surface area contributed by atoms with Crippen molar-refractivity contribution in [1.82, 2.24) is 0 Å². The second-order valence-electron chi connectivity index (χ2n) is 6.72. The number of carbonyl (C=O) groups excluding carboxylic acids is 2. The van der Waals surface area contributed by atoms with Crippen LogP contribution in [-0.2, 0) is 14.3 Å². The molecule has 0 heterocycles. The van der Waals surface area contributed by atoms with Gasteiger partial charge in [0.2, 0.25) is 0 Å². The third-order valence-electron chi connectivity index (χ3n) is 4.56. The fourth-order valence-corrected chi connectivity index (χ4v) is 2.91. The number of Topliss-reactive ketones (excluding diaryl/α,β-unsaturated/α-hetero) is 1. The Morgan fingerprint density at radius 3 is 2.62 bits per heavy atom. The van der Waals surface area contributed by atoms with E-state index in [-0.39, 0.29) is 24.1 Å². The molecule has 0 radical (unpaired) electrons. The number of ketones is 1. The Labute approximate surface area is 126 Å². The summed E-state index contributed by atoms with van der Waals surface area (Å²) in [5.74, 6) is -0.580. The van der Waals surface area contributed by atoms with Crippen LogP contribution in [0.2, 0.25) is 0 Å². The first-order valence-corrected chi connectivity index (χ1v) is 7.26. The average Bonchev–Trinajstić information content (AvgIpc) is 2.35. The smallest absolute Gasteiger partial charge is 0.302 e. The van der Waals surface area contributed by atoms with E-state index in [4.69, 9.17) is 4.74 Å². The molecule has 3 atom stereocenters. The van der Waals surface area contributed by atoms with Crippen LogP contribution in [0.25, 0.3) is 0 Å². The predicted octanol–water partition coefficient (Wildman–Crippen LogP) is 2.81. The van der Waals surface area contributed by atoms with Crippen LogP contribution >= 0.6 is 0 Å². The molecule has 1 rings (SSSR count). The van der Waals surface area contributed by atoms with E-state index in [1.807, 2.05) is 13.8 Å². The van der Waals surface area contributed by atoms with Crippen LogP contribution in [0, 0.1) is 11.3 Å². The number of hydrogen-bond donors (Lipinski definition) is 1. The van der Waals surface area contributed by atoms with E-state index in [1.54, 1.807) is 6.92 Å². The molecule has 0 spiro atoms. The van der Waals surface area contributed by atoms with Crippen molar-refractivity contribution in [3.05, 3.63) is 24.8 Å². The molecule has 4 heteroatoms. The quantitative estimate of drug-likeness (QED) is 0.481. The van der Waals surface area contributed by atoms with Gasteiger partial charge in [-0.3, -0.25) is 9.59 Å². The maximum absolute atomic E-state index is 12.1. The summed E-state index contributed by atoms with van der Waals surface area (Å²) in [6.07, 6.45) is 2.29. The van der Waals surface area contributed by atoms with Gasteiger partial charge in [0.1, 0.15) is 6.10 Å². The van der Waals surface area contributed by atoms with E-state index in [0.717, 1.165) is 0 Å². The summed E-state index contributed by atoms with van der Waals surface area (Å²) in [5.41, 5.74) is -0.815. The van der Waals surface area contributed by atoms with E-state index in [0.29, 0.717) is 18.4 Å². The van der Waals surface area contributed by atoms with Crippen LogP contribution < -0.4 is 0 Å². The lowest BCUT2D eigenvalue weighted by atomic mass is 9.62. The summed E-state index contributed by atoms with van der Waals surface area (Å²) in [5, 5.41) is 10.1. The molecule has 1 aliphatic rings. The highest BCUT2D eigenvalue weighted by Gasteiger charge is 2.47. The zero-order valence-electron chi connectivity index (χ0n) is 13.4. The van der Waals surface area contributed by atoms with Crippen molar-refractivity contribution in [1.29, 1.82) is 0 Å². The van der Waals surface area contributed by atoms with Crippen molar-refractivity contribution in [2.24, 2.45) is 11.3 Å². The number of carbonyl (C=O) groups is 2. The molecule has 0 aromatic carbocycles. The van der Waals surface area contributed by atoms with E-state index in [1.165, 1.54) is 13.0 Å². The first-order valence-electron chi connectivity index (χ1n) is 7.26. The zero-order valence-corrected chi connectivity index (χ0v) is 13.4. The third-order valence-corrected chi connectivity index (χ3v) is 4.56. The second kappa shape index (κ2) is 6.14. The molecule has 21 heavy (non-hydrogen) atoms. The highest BCUT2D eigenvalue weighted by atomic mass is 16.5. The first kappa shape index (κ1) is 17.6. The number of esters is 1. The molecule has 0 saturated heterocycles. The van der Waals surface area contributed by atoms with Gasteiger partial charge in [-0.1, -0.05) is 26.5 Å². The Bertz CT molecular complexity index is 459. The standard InChI is InChI=1S/C17H26O4/c1-7-17(6,20)9-8-13-11(2)14(19)10-15(16(13,4)5)21-12(3)18/h7,13,15,20H,1-2,8-10H2,3-6H3/t13-,15+,17+/m0/s1. The molecule has 1 saturated carbocycles. The summed E-state index contributed by atoms with van der Waals surface area (Å²) in [7, 11) is 0. The monoisotopic (exact) mass is 294 g/mol. The summed E-state index contributed by atoms with van der Waals surface area (Å²) < 4.78 is 5.33. The highest BCUT2D eigenvalue weighted by Crippen LogP contribution is 2.46. The molecule has 0 bridgehead atoms. The molecule has 118 valence electrons. The van der Waals surface area contributed by atoms with E-state index >= 15 is 0 Å². The van der Waals surface area contributed by atoms with Crippen LogP contribution in [0.3, 0.4) is 0 Å². The Morgan fingerprint density at radius 2 is 2.14 bits per heavy atom. The summed E-state index contributed by atoms with van der Waals surface area (Å²) >= 11 is 0. The van der Waals surface area contributed by atoms with Crippen LogP contribution in [0.1, 0.15) is 47.0 Å². The molecule has 0 aromatic heterocycles. The summed E-state index contributed by atoms with van der Waals surface area (Å²) in [4.78, 5) is 23.4. The van der Waals surface area contributed by atoms with Gasteiger partial charge < -0.3 is 9.84 Å². The molecular weight excluding hydrogens is 268 g/mol. The van der Waals surface area contributed by atoms with Gasteiger partial charge in [-0.15, -0.1) is 6.58 Å². The number of rotatable bonds is 5. The Balaban J connectivity index is 2.96. The Hall–Kier alpha value is -1.42. The molecule has 0 unspecified atom stereocenters. The zero-order chi connectivity index (χ0) is 16.4. The van der Waals surface area contributed by atoms with Crippen LogP contribution in [0.5, 0.6) is 0 Å². The van der Waals surface area contributed by atoms with Crippen molar-refractivity contribution in [3.8, 4) is 0 Å². The second-order valence-corrected chi connectivity index (χ2v) is 6.72. The topological polar surface area (TPSA) is 63.6 Å². The number of aliphatic hydroxyl groups is 1. The lowest BCUT2D eigenvalue weighted by Gasteiger charge is -2.45. The SMILES string of the molecule is C=C[C@@](C)(O)CC[C@H]1C(=C)C(=O)C[C@@H](OC(C)=O)C1(C)C. The van der Waals surface area contributed by atoms with Crippen LogP contribution in [-0.4, -0.2) is 28.6 Å². The van der Waals surface area contributed by atoms with E-state index < -0.39 is 17.1 Å². The molecule has 1 fully saturated rings. The third kappa shape index (κ3) is 4.03. The maximum atomic E-state index is 12.1. The fraction of sp³-hybridized carbons (Fsp3) is 0.647. The van der Waals surface area contributed by atoms with Crippen LogP contribution in [0.15, 0.2) is 24.8 Å². The minimum atomic E-state index is -0.978. The minimum absolute atomic E-state index is 0.0659. The van der Waals surface area contributed by atoms with E-state index in [2.05, 4.69) is 13.2 Å². The summed E-state index contributed by atoms with van der Waals surface area (Å²) in [6, 6.07) is 0. The number of hydrogen-bond acceptors (Lipinski definition) is 4. The predicted molar refractivity (Wildman–Crippen MR) is 81.6 cm³/mol. The van der Waals surface area contributed by atoms with Crippen molar-refractivity contribution >= 4 is 11.8 Å². The van der Waals surface area contributed by atoms with Crippen molar-refractivity contribution in [2.75, 3.05) is 0 Å². The number of allylic oxidation sites excluding steroid dienone is 1. The van der Waals surface area contributed by atoms with Gasteiger partial charge in [0.25, 0.3) is 0 Å². The Kier molecular flexibility index (Phi) is 5.16. The van der Waals surface area contributed by atoms with Gasteiger partial charge in [0, 0.05) is 18.8 Å². The minimum Gasteiger partial charge on any atom is -0.461 e. The van der Waals surface area contributed by atoms with Crippen molar-refractivity contribution in [3.63, 3.8) is 0 Å². The lowest BCUT2D eigenvalue weighted by molar-refractivity contribution is -0.158. The first-order chi connectivity index (χ1) is 9.51. The molecular formula is C17H26O4. The highest BCUT2D eigenvalue weighted by molar-refractivity contribution is 5.97. The molecule has 0 aromatic rings. The van der Waals surface area contributed by atoms with Gasteiger partial charge in [0.15, 0.2) is 5.78 Å². The fourth-order valence-electron chi connectivity index (χ4n) is 2.91. The van der Waals surface area contributed by atoms with Gasteiger partial charge in [-0.25, -0.2) is 0 Å². The Morgan fingerprint density at radius 1 is 1.57 bits per heavy atom. The lowest BCUT2D eigenvalue weighted by Crippen LogP contribution is -2.47. The largest absolute Gasteiger partial charge is 0.461 e. The van der Waals surface area contributed by atoms with Crippen LogP contribution in [0.4, 0.5) is 0 Å². The van der Waals surface area contributed by atoms with Gasteiger partial charge in [0.05, 0.1) is 5.60 Å². The summed E-state index contributed by atoms with van der Waals surface area (Å²) in [6.45, 7) is 14.5.